The Morgan fingerprint density at radius 3 is 2.43 bits per heavy atom. The first kappa shape index (κ1) is 17.5. The maximum atomic E-state index is 12.6. The zero-order valence-corrected chi connectivity index (χ0v) is 14.3. The number of rotatable bonds is 5. The third kappa shape index (κ3) is 5.06. The predicted octanol–water partition coefficient (Wildman–Crippen LogP) is 1.85. The summed E-state index contributed by atoms with van der Waals surface area (Å²) in [6, 6.07) is 7.02. The number of hydrogen-bond donors (Lipinski definition) is 1. The van der Waals surface area contributed by atoms with E-state index >= 15 is 0 Å². The van der Waals surface area contributed by atoms with Crippen molar-refractivity contribution in [3.05, 3.63) is 35.4 Å². The number of nitrogens with one attached hydrogen (secondary N) is 1. The van der Waals surface area contributed by atoms with Crippen molar-refractivity contribution in [1.82, 2.24) is 15.1 Å². The minimum atomic E-state index is -0.112. The molecule has 2 amide bonds. The van der Waals surface area contributed by atoms with Gasteiger partial charge in [0.2, 0.25) is 0 Å². The van der Waals surface area contributed by atoms with Crippen LogP contribution in [0, 0.1) is 5.92 Å². The van der Waals surface area contributed by atoms with Crippen LogP contribution in [0.1, 0.15) is 41.0 Å². The van der Waals surface area contributed by atoms with E-state index in [0.29, 0.717) is 23.6 Å². The average molecular weight is 317 g/mol. The molecule has 23 heavy (non-hydrogen) atoms. The highest BCUT2D eigenvalue weighted by atomic mass is 16.2. The Morgan fingerprint density at radius 1 is 1.13 bits per heavy atom. The van der Waals surface area contributed by atoms with Crippen molar-refractivity contribution in [2.45, 2.75) is 20.3 Å². The molecule has 0 spiro atoms. The molecule has 1 aromatic rings. The lowest BCUT2D eigenvalue weighted by Gasteiger charge is -2.32. The number of carbonyl (C=O) groups excluding carboxylic acids is 2. The molecule has 0 saturated carbocycles. The molecule has 1 aliphatic heterocycles. The largest absolute Gasteiger partial charge is 0.352 e. The summed E-state index contributed by atoms with van der Waals surface area (Å²) in [6.07, 6.45) is 0.950. The fraction of sp³-hybridized carbons (Fsp3) is 0.556. The Bertz CT molecular complexity index is 549. The van der Waals surface area contributed by atoms with Crippen LogP contribution in [0.15, 0.2) is 24.3 Å². The van der Waals surface area contributed by atoms with Crippen LogP contribution in [0.5, 0.6) is 0 Å². The van der Waals surface area contributed by atoms with Crippen molar-refractivity contribution in [3.8, 4) is 0 Å². The summed E-state index contributed by atoms with van der Waals surface area (Å²) in [5, 5.41) is 2.91. The maximum absolute atomic E-state index is 12.6. The van der Waals surface area contributed by atoms with E-state index in [4.69, 9.17) is 0 Å². The van der Waals surface area contributed by atoms with Crippen LogP contribution in [-0.4, -0.2) is 61.4 Å². The van der Waals surface area contributed by atoms with Crippen LogP contribution in [0.3, 0.4) is 0 Å². The lowest BCUT2D eigenvalue weighted by atomic mass is 10.1. The molecule has 1 heterocycles. The highest BCUT2D eigenvalue weighted by molar-refractivity contribution is 5.99. The van der Waals surface area contributed by atoms with E-state index in [-0.39, 0.29) is 11.8 Å². The minimum absolute atomic E-state index is 0.00919. The molecule has 0 aromatic heterocycles. The molecule has 0 unspecified atom stereocenters. The second kappa shape index (κ2) is 8.11. The summed E-state index contributed by atoms with van der Waals surface area (Å²) in [4.78, 5) is 28.8. The summed E-state index contributed by atoms with van der Waals surface area (Å²) in [5.41, 5.74) is 1.14. The van der Waals surface area contributed by atoms with Gasteiger partial charge in [0.25, 0.3) is 11.8 Å². The van der Waals surface area contributed by atoms with E-state index in [9.17, 15) is 9.59 Å². The van der Waals surface area contributed by atoms with Crippen molar-refractivity contribution in [3.63, 3.8) is 0 Å². The molecular weight excluding hydrogens is 290 g/mol. The molecule has 1 aromatic carbocycles. The Kier molecular flexibility index (Phi) is 6.16. The van der Waals surface area contributed by atoms with Gasteiger partial charge < -0.3 is 15.1 Å². The van der Waals surface area contributed by atoms with Crippen LogP contribution in [0.25, 0.3) is 0 Å². The van der Waals surface area contributed by atoms with Gasteiger partial charge in [0.15, 0.2) is 0 Å². The van der Waals surface area contributed by atoms with Gasteiger partial charge in [-0.15, -0.1) is 0 Å². The van der Waals surface area contributed by atoms with Gasteiger partial charge in [0, 0.05) is 43.9 Å². The number of likely N-dealkylation sites (N-methyl/N-ethyl adjacent to an activating group) is 1. The van der Waals surface area contributed by atoms with E-state index in [1.807, 2.05) is 4.90 Å². The van der Waals surface area contributed by atoms with Crippen LogP contribution < -0.4 is 5.32 Å². The Morgan fingerprint density at radius 2 is 1.78 bits per heavy atom. The standard InChI is InChI=1S/C18H27N3O2/c1-14(2)7-8-19-17(22)15-5-4-6-16(13-15)18(23)21-11-9-20(3)10-12-21/h4-6,13-14H,7-12H2,1-3H3,(H,19,22). The molecule has 0 atom stereocenters. The van der Waals surface area contributed by atoms with Crippen LogP contribution in [0.4, 0.5) is 0 Å². The summed E-state index contributed by atoms with van der Waals surface area (Å²) in [6.45, 7) is 8.17. The molecule has 5 nitrogen and oxygen atoms in total. The number of benzene rings is 1. The molecular formula is C18H27N3O2. The van der Waals surface area contributed by atoms with Crippen LogP contribution in [0.2, 0.25) is 0 Å². The van der Waals surface area contributed by atoms with Gasteiger partial charge in [-0.2, -0.15) is 0 Å². The Balaban J connectivity index is 1.98. The molecule has 1 N–H and O–H groups in total. The molecule has 1 fully saturated rings. The molecule has 1 saturated heterocycles. The number of hydrogen-bond acceptors (Lipinski definition) is 3. The first-order valence-electron chi connectivity index (χ1n) is 8.33. The SMILES string of the molecule is CC(C)CCNC(=O)c1cccc(C(=O)N2CCN(C)CC2)c1. The first-order valence-corrected chi connectivity index (χ1v) is 8.33. The molecule has 126 valence electrons. The van der Waals surface area contributed by atoms with E-state index in [0.717, 1.165) is 32.6 Å². The van der Waals surface area contributed by atoms with Crippen molar-refractivity contribution in [1.29, 1.82) is 0 Å². The van der Waals surface area contributed by atoms with Gasteiger partial charge in [-0.05, 0) is 37.6 Å². The number of amides is 2. The summed E-state index contributed by atoms with van der Waals surface area (Å²) in [5.74, 6) is 0.453. The van der Waals surface area contributed by atoms with Gasteiger partial charge in [0.05, 0.1) is 0 Å². The zero-order chi connectivity index (χ0) is 16.8. The summed E-state index contributed by atoms with van der Waals surface area (Å²) >= 11 is 0. The van der Waals surface area contributed by atoms with Gasteiger partial charge in [-0.1, -0.05) is 19.9 Å². The van der Waals surface area contributed by atoms with Gasteiger partial charge in [0.1, 0.15) is 0 Å². The highest BCUT2D eigenvalue weighted by Gasteiger charge is 2.21. The average Bonchev–Trinajstić information content (AvgIpc) is 2.54. The maximum Gasteiger partial charge on any atom is 0.253 e. The highest BCUT2D eigenvalue weighted by Crippen LogP contribution is 2.11. The van der Waals surface area contributed by atoms with Crippen molar-refractivity contribution in [2.75, 3.05) is 39.8 Å². The van der Waals surface area contributed by atoms with Gasteiger partial charge in [-0.25, -0.2) is 0 Å². The molecule has 5 heteroatoms. The van der Waals surface area contributed by atoms with Crippen molar-refractivity contribution < 1.29 is 9.59 Å². The smallest absolute Gasteiger partial charge is 0.253 e. The number of piperazine rings is 1. The second-order valence-corrected chi connectivity index (χ2v) is 6.61. The van der Waals surface area contributed by atoms with Crippen molar-refractivity contribution >= 4 is 11.8 Å². The van der Waals surface area contributed by atoms with E-state index in [2.05, 4.69) is 31.1 Å². The minimum Gasteiger partial charge on any atom is -0.352 e. The summed E-state index contributed by atoms with van der Waals surface area (Å²) < 4.78 is 0. The molecule has 0 aliphatic carbocycles. The monoisotopic (exact) mass is 317 g/mol. The topological polar surface area (TPSA) is 52.7 Å². The van der Waals surface area contributed by atoms with Gasteiger partial charge in [-0.3, -0.25) is 9.59 Å². The molecule has 2 rings (SSSR count). The fourth-order valence-corrected chi connectivity index (χ4v) is 2.56. The quantitative estimate of drug-likeness (QED) is 0.902. The first-order chi connectivity index (χ1) is 11.0. The zero-order valence-electron chi connectivity index (χ0n) is 14.3. The predicted molar refractivity (Wildman–Crippen MR) is 91.6 cm³/mol. The normalized spacial score (nSPS) is 15.7. The molecule has 1 aliphatic rings. The molecule has 0 radical (unpaired) electrons. The third-order valence-corrected chi connectivity index (χ3v) is 4.17. The van der Waals surface area contributed by atoms with Crippen LogP contribution >= 0.6 is 0 Å². The van der Waals surface area contributed by atoms with Crippen molar-refractivity contribution in [2.24, 2.45) is 5.92 Å². The van der Waals surface area contributed by atoms with Crippen LogP contribution in [-0.2, 0) is 0 Å². The van der Waals surface area contributed by atoms with Gasteiger partial charge >= 0.3 is 0 Å². The Labute approximate surface area is 138 Å². The Hall–Kier alpha value is -1.88. The lowest BCUT2D eigenvalue weighted by Crippen LogP contribution is -2.47. The van der Waals surface area contributed by atoms with E-state index in [1.165, 1.54) is 0 Å². The number of carbonyl (C=O) groups is 2. The second-order valence-electron chi connectivity index (χ2n) is 6.61. The molecule has 0 bridgehead atoms. The number of nitrogens with zero attached hydrogens (tertiary/aromatic N) is 2. The fourth-order valence-electron chi connectivity index (χ4n) is 2.56. The third-order valence-electron chi connectivity index (χ3n) is 4.17. The summed E-state index contributed by atoms with van der Waals surface area (Å²) in [7, 11) is 2.06. The van der Waals surface area contributed by atoms with E-state index in [1.54, 1.807) is 24.3 Å². The van der Waals surface area contributed by atoms with E-state index < -0.39 is 0 Å². The lowest BCUT2D eigenvalue weighted by molar-refractivity contribution is 0.0664.